The van der Waals surface area contributed by atoms with E-state index >= 15 is 0 Å². The Bertz CT molecular complexity index is 1100. The van der Waals surface area contributed by atoms with E-state index in [9.17, 15) is 9.90 Å². The summed E-state index contributed by atoms with van der Waals surface area (Å²) >= 11 is 0. The van der Waals surface area contributed by atoms with E-state index in [0.29, 0.717) is 11.4 Å². The summed E-state index contributed by atoms with van der Waals surface area (Å²) in [5.74, 6) is -1.04. The molecule has 1 N–H and O–H groups in total. The van der Waals surface area contributed by atoms with Gasteiger partial charge in [-0.1, -0.05) is 12.1 Å². The lowest BCUT2D eigenvalue weighted by atomic mass is 9.87. The highest BCUT2D eigenvalue weighted by molar-refractivity contribution is 6.16. The van der Waals surface area contributed by atoms with Gasteiger partial charge in [-0.2, -0.15) is 10.2 Å². The van der Waals surface area contributed by atoms with Crippen molar-refractivity contribution in [1.82, 2.24) is 0 Å². The number of carbonyl (C=O) groups excluding carboxylic acids is 1. The molecule has 30 heavy (non-hydrogen) atoms. The van der Waals surface area contributed by atoms with Crippen LogP contribution >= 0.6 is 0 Å². The second kappa shape index (κ2) is 7.06. The summed E-state index contributed by atoms with van der Waals surface area (Å²) in [7, 11) is 0. The van der Waals surface area contributed by atoms with Crippen molar-refractivity contribution in [2.75, 3.05) is 10.0 Å². The topological polar surface area (TPSA) is 68.5 Å². The zero-order chi connectivity index (χ0) is 21.8. The monoisotopic (exact) mass is 404 g/mol. The van der Waals surface area contributed by atoms with E-state index in [1.807, 2.05) is 71.0 Å². The van der Waals surface area contributed by atoms with Crippen molar-refractivity contribution in [3.05, 3.63) is 58.7 Å². The number of nitrogens with zero attached hydrogens (tertiary/aromatic N) is 4. The molecular weight excluding hydrogens is 376 g/mol. The van der Waals surface area contributed by atoms with Crippen molar-refractivity contribution in [2.45, 2.75) is 53.7 Å². The number of hydrazone groups is 2. The van der Waals surface area contributed by atoms with Crippen molar-refractivity contribution in [2.24, 2.45) is 16.1 Å². The van der Waals surface area contributed by atoms with Crippen molar-refractivity contribution in [1.29, 1.82) is 0 Å². The Morgan fingerprint density at radius 3 is 2.03 bits per heavy atom. The first-order valence-corrected chi connectivity index (χ1v) is 10.2. The van der Waals surface area contributed by atoms with Gasteiger partial charge in [-0.3, -0.25) is 4.79 Å². The Hall–Kier alpha value is -2.99. The second-order valence-electron chi connectivity index (χ2n) is 8.56. The van der Waals surface area contributed by atoms with E-state index in [1.165, 1.54) is 5.01 Å². The summed E-state index contributed by atoms with van der Waals surface area (Å²) in [6.45, 7) is 11.8. The van der Waals surface area contributed by atoms with E-state index in [1.54, 1.807) is 11.9 Å². The lowest BCUT2D eigenvalue weighted by Gasteiger charge is -2.36. The third-order valence-corrected chi connectivity index (χ3v) is 6.22. The molecule has 6 heteroatoms. The van der Waals surface area contributed by atoms with Gasteiger partial charge in [0.15, 0.2) is 5.72 Å². The van der Waals surface area contributed by atoms with Crippen LogP contribution in [0.1, 0.15) is 42.5 Å². The van der Waals surface area contributed by atoms with Crippen molar-refractivity contribution >= 4 is 28.7 Å². The van der Waals surface area contributed by atoms with Crippen LogP contribution in [-0.2, 0) is 4.79 Å². The van der Waals surface area contributed by atoms with Crippen LogP contribution in [0.15, 0.2) is 46.6 Å². The smallest absolute Gasteiger partial charge is 0.261 e. The van der Waals surface area contributed by atoms with Gasteiger partial charge in [-0.15, -0.1) is 0 Å². The lowest BCUT2D eigenvalue weighted by Crippen LogP contribution is -2.54. The maximum Gasteiger partial charge on any atom is 0.261 e. The van der Waals surface area contributed by atoms with Gasteiger partial charge in [0.1, 0.15) is 5.92 Å². The molecule has 1 amide bonds. The first-order valence-electron chi connectivity index (χ1n) is 10.2. The van der Waals surface area contributed by atoms with E-state index in [4.69, 9.17) is 0 Å². The van der Waals surface area contributed by atoms with E-state index in [0.717, 1.165) is 33.7 Å². The van der Waals surface area contributed by atoms with E-state index in [2.05, 4.69) is 10.2 Å². The summed E-state index contributed by atoms with van der Waals surface area (Å²) < 4.78 is 0. The predicted octanol–water partition coefficient (Wildman–Crippen LogP) is 4.23. The normalized spacial score (nSPS) is 23.8. The molecule has 0 radical (unpaired) electrons. The van der Waals surface area contributed by atoms with Gasteiger partial charge >= 0.3 is 0 Å². The van der Waals surface area contributed by atoms with Crippen LogP contribution in [0.3, 0.4) is 0 Å². The Morgan fingerprint density at radius 1 is 0.867 bits per heavy atom. The number of carbonyl (C=O) groups is 1. The van der Waals surface area contributed by atoms with Crippen molar-refractivity contribution < 1.29 is 9.90 Å². The summed E-state index contributed by atoms with van der Waals surface area (Å²) in [5.41, 5.74) is 5.86. The third-order valence-electron chi connectivity index (χ3n) is 6.22. The third kappa shape index (κ3) is 3.12. The number of rotatable bonds is 3. The SMILES string of the molecule is CC1=NN(c2ccc(C)c(C)c2)C(O)(C2C(=O)N(c3ccc(C)c(C)c3)N=C2C)C1. The Kier molecular flexibility index (Phi) is 4.77. The summed E-state index contributed by atoms with van der Waals surface area (Å²) in [6.07, 6.45) is 0.282. The van der Waals surface area contributed by atoms with Crippen LogP contribution < -0.4 is 10.0 Å². The number of amides is 1. The van der Waals surface area contributed by atoms with Crippen LogP contribution in [0.5, 0.6) is 0 Å². The fourth-order valence-corrected chi connectivity index (χ4v) is 4.25. The Balaban J connectivity index is 1.72. The van der Waals surface area contributed by atoms with Crippen LogP contribution in [0.4, 0.5) is 11.4 Å². The minimum Gasteiger partial charge on any atom is -0.368 e. The molecule has 0 fully saturated rings. The molecule has 0 saturated carbocycles. The first-order chi connectivity index (χ1) is 14.1. The molecule has 0 aromatic heterocycles. The van der Waals surface area contributed by atoms with Crippen molar-refractivity contribution in [3.8, 4) is 0 Å². The average molecular weight is 405 g/mol. The highest BCUT2D eigenvalue weighted by atomic mass is 16.3. The number of aryl methyl sites for hydroxylation is 4. The number of hydrogen-bond acceptors (Lipinski definition) is 5. The summed E-state index contributed by atoms with van der Waals surface area (Å²) in [4.78, 5) is 13.5. The summed E-state index contributed by atoms with van der Waals surface area (Å²) in [5, 5.41) is 24.0. The molecule has 2 unspecified atom stereocenters. The molecular formula is C24H28N4O2. The number of hydrogen-bond donors (Lipinski definition) is 1. The zero-order valence-corrected chi connectivity index (χ0v) is 18.4. The molecule has 2 atom stereocenters. The van der Waals surface area contributed by atoms with Gasteiger partial charge in [0.2, 0.25) is 0 Å². The number of aliphatic hydroxyl groups is 1. The largest absolute Gasteiger partial charge is 0.368 e. The van der Waals surface area contributed by atoms with Gasteiger partial charge in [0.25, 0.3) is 5.91 Å². The maximum absolute atomic E-state index is 13.5. The molecule has 2 aliphatic rings. The van der Waals surface area contributed by atoms with E-state index < -0.39 is 11.6 Å². The minimum atomic E-state index is -1.50. The molecule has 0 aliphatic carbocycles. The van der Waals surface area contributed by atoms with Crippen LogP contribution in [0.2, 0.25) is 0 Å². The lowest BCUT2D eigenvalue weighted by molar-refractivity contribution is -0.125. The van der Waals surface area contributed by atoms with Crippen LogP contribution in [-0.4, -0.2) is 28.2 Å². The highest BCUT2D eigenvalue weighted by Gasteiger charge is 2.55. The van der Waals surface area contributed by atoms with Gasteiger partial charge in [-0.05, 0) is 88.1 Å². The fourth-order valence-electron chi connectivity index (χ4n) is 4.25. The fraction of sp³-hybridized carbons (Fsp3) is 0.375. The quantitative estimate of drug-likeness (QED) is 0.832. The van der Waals surface area contributed by atoms with E-state index in [-0.39, 0.29) is 12.3 Å². The van der Waals surface area contributed by atoms with Gasteiger partial charge in [0.05, 0.1) is 17.1 Å². The van der Waals surface area contributed by atoms with Crippen LogP contribution in [0, 0.1) is 33.6 Å². The molecule has 2 aromatic carbocycles. The average Bonchev–Trinajstić information content (AvgIpc) is 3.15. The van der Waals surface area contributed by atoms with Crippen LogP contribution in [0.25, 0.3) is 0 Å². The molecule has 2 heterocycles. The predicted molar refractivity (Wildman–Crippen MR) is 121 cm³/mol. The molecule has 0 bridgehead atoms. The van der Waals surface area contributed by atoms with Gasteiger partial charge in [-0.25, -0.2) is 10.0 Å². The number of benzene rings is 2. The molecule has 156 valence electrons. The Morgan fingerprint density at radius 2 is 1.43 bits per heavy atom. The molecule has 0 spiro atoms. The van der Waals surface area contributed by atoms with Gasteiger partial charge < -0.3 is 5.11 Å². The number of anilines is 2. The molecule has 0 saturated heterocycles. The van der Waals surface area contributed by atoms with Gasteiger partial charge in [0, 0.05) is 12.1 Å². The highest BCUT2D eigenvalue weighted by Crippen LogP contribution is 2.41. The minimum absolute atomic E-state index is 0.239. The first kappa shape index (κ1) is 20.3. The molecule has 6 nitrogen and oxygen atoms in total. The zero-order valence-electron chi connectivity index (χ0n) is 18.4. The second-order valence-corrected chi connectivity index (χ2v) is 8.56. The molecule has 2 aliphatic heterocycles. The standard InChI is InChI=1S/C24H28N4O2/c1-14-7-9-20(11-16(14)3)27-23(29)22(19(6)26-27)24(30)13-18(5)25-28(24)21-10-8-15(2)17(4)12-21/h7-12,22,30H,13H2,1-6H3. The molecule has 2 aromatic rings. The Labute approximate surface area is 177 Å². The molecule has 4 rings (SSSR count). The maximum atomic E-state index is 13.5. The summed E-state index contributed by atoms with van der Waals surface area (Å²) in [6, 6.07) is 11.8. The van der Waals surface area contributed by atoms with Crippen molar-refractivity contribution in [3.63, 3.8) is 0 Å².